The summed E-state index contributed by atoms with van der Waals surface area (Å²) >= 11 is 9.89. The van der Waals surface area contributed by atoms with Gasteiger partial charge in [0.1, 0.15) is 0 Å². The lowest BCUT2D eigenvalue weighted by atomic mass is 10.1. The molecule has 0 aliphatic heterocycles. The molecule has 0 amide bonds. The number of halogens is 1. The van der Waals surface area contributed by atoms with Crippen LogP contribution in [0.3, 0.4) is 0 Å². The maximum Gasteiger partial charge on any atom is 0.337 e. The van der Waals surface area contributed by atoms with Crippen LogP contribution in [0.2, 0.25) is 0 Å². The Morgan fingerprint density at radius 2 is 1.75 bits per heavy atom. The van der Waals surface area contributed by atoms with Crippen LogP contribution in [0.15, 0.2) is 48.5 Å². The molecule has 0 fully saturated rings. The van der Waals surface area contributed by atoms with E-state index in [1.165, 1.54) is 7.11 Å². The highest BCUT2D eigenvalue weighted by molar-refractivity contribution is 7.80. The van der Waals surface area contributed by atoms with Crippen molar-refractivity contribution in [2.24, 2.45) is 5.73 Å². The van der Waals surface area contributed by atoms with Gasteiger partial charge < -0.3 is 15.8 Å². The summed E-state index contributed by atoms with van der Waals surface area (Å²) in [5.41, 5.74) is 8.02. The van der Waals surface area contributed by atoms with E-state index in [0.29, 0.717) is 16.8 Å². The SMILES string of the molecule is COC(=O)c1ccc(C)c(NC(N)=S)c1.O=C(Cl)c1ccccc1. The van der Waals surface area contributed by atoms with E-state index in [2.05, 4.69) is 10.1 Å². The largest absolute Gasteiger partial charge is 0.465 e. The van der Waals surface area contributed by atoms with Gasteiger partial charge >= 0.3 is 5.97 Å². The van der Waals surface area contributed by atoms with Gasteiger partial charge in [-0.1, -0.05) is 36.4 Å². The zero-order chi connectivity index (χ0) is 18.1. The molecule has 0 spiro atoms. The third-order valence-electron chi connectivity index (χ3n) is 2.92. The van der Waals surface area contributed by atoms with Gasteiger partial charge in [-0.2, -0.15) is 0 Å². The lowest BCUT2D eigenvalue weighted by Crippen LogP contribution is -2.19. The highest BCUT2D eigenvalue weighted by Gasteiger charge is 2.07. The van der Waals surface area contributed by atoms with Crippen molar-refractivity contribution >= 4 is 45.8 Å². The van der Waals surface area contributed by atoms with Crippen LogP contribution in [0.5, 0.6) is 0 Å². The topological polar surface area (TPSA) is 81.4 Å². The number of nitrogens with one attached hydrogen (secondary N) is 1. The molecule has 0 unspecified atom stereocenters. The number of methoxy groups -OCH3 is 1. The van der Waals surface area contributed by atoms with Crippen molar-refractivity contribution in [3.8, 4) is 0 Å². The van der Waals surface area contributed by atoms with Crippen molar-refractivity contribution < 1.29 is 14.3 Å². The molecule has 0 aliphatic rings. The number of benzene rings is 2. The molecule has 0 heterocycles. The highest BCUT2D eigenvalue weighted by atomic mass is 35.5. The number of hydrogen-bond donors (Lipinski definition) is 2. The third kappa shape index (κ3) is 6.36. The van der Waals surface area contributed by atoms with E-state index in [9.17, 15) is 9.59 Å². The minimum Gasteiger partial charge on any atom is -0.465 e. The number of rotatable bonds is 3. The van der Waals surface area contributed by atoms with E-state index in [0.717, 1.165) is 5.56 Å². The Morgan fingerprint density at radius 3 is 2.21 bits per heavy atom. The first-order valence-electron chi connectivity index (χ1n) is 6.85. The summed E-state index contributed by atoms with van der Waals surface area (Å²) in [6, 6.07) is 13.9. The quantitative estimate of drug-likeness (QED) is 0.493. The first kappa shape index (κ1) is 19.6. The molecule has 0 saturated carbocycles. The number of esters is 1. The van der Waals surface area contributed by atoms with Gasteiger partial charge in [0.05, 0.1) is 12.7 Å². The van der Waals surface area contributed by atoms with Crippen molar-refractivity contribution in [2.75, 3.05) is 12.4 Å². The summed E-state index contributed by atoms with van der Waals surface area (Å²) < 4.78 is 4.61. The van der Waals surface area contributed by atoms with Crippen LogP contribution in [0.1, 0.15) is 26.3 Å². The molecule has 126 valence electrons. The Balaban J connectivity index is 0.000000272. The van der Waals surface area contributed by atoms with Crippen LogP contribution in [0.4, 0.5) is 5.69 Å². The number of aryl methyl sites for hydroxylation is 1. The van der Waals surface area contributed by atoms with Crippen LogP contribution in [0, 0.1) is 6.92 Å². The number of carbonyl (C=O) groups excluding carboxylic acids is 2. The standard InChI is InChI=1S/C10H12N2O2S.C7H5ClO/c1-6-3-4-7(9(13)14-2)5-8(6)12-10(11)15;8-7(9)6-4-2-1-3-5-6/h3-5H,1-2H3,(H3,11,12,15);1-5H. The Labute approximate surface area is 150 Å². The van der Waals surface area contributed by atoms with Gasteiger partial charge in [-0.05, 0) is 48.4 Å². The van der Waals surface area contributed by atoms with Crippen LogP contribution >= 0.6 is 23.8 Å². The van der Waals surface area contributed by atoms with Gasteiger partial charge in [-0.25, -0.2) is 4.79 Å². The lowest BCUT2D eigenvalue weighted by Gasteiger charge is -2.09. The Kier molecular flexibility index (Phi) is 7.88. The average molecular weight is 365 g/mol. The molecule has 2 rings (SSSR count). The number of anilines is 1. The molecule has 0 aliphatic carbocycles. The smallest absolute Gasteiger partial charge is 0.337 e. The molecule has 0 bridgehead atoms. The fourth-order valence-electron chi connectivity index (χ4n) is 1.70. The predicted octanol–water partition coefficient (Wildman–Crippen LogP) is 3.50. The zero-order valence-electron chi connectivity index (χ0n) is 13.2. The lowest BCUT2D eigenvalue weighted by molar-refractivity contribution is 0.0600. The molecule has 2 aromatic rings. The third-order valence-corrected chi connectivity index (χ3v) is 3.24. The number of thiocarbonyl (C=S) groups is 1. The molecule has 3 N–H and O–H groups in total. The second-order valence-electron chi connectivity index (χ2n) is 4.65. The molecule has 5 nitrogen and oxygen atoms in total. The highest BCUT2D eigenvalue weighted by Crippen LogP contribution is 2.17. The molecule has 2 aromatic carbocycles. The minimum absolute atomic E-state index is 0.167. The second kappa shape index (κ2) is 9.64. The predicted molar refractivity (Wildman–Crippen MR) is 99.6 cm³/mol. The van der Waals surface area contributed by atoms with Gasteiger partial charge in [-0.3, -0.25) is 4.79 Å². The minimum atomic E-state index is -0.407. The number of hydrogen-bond acceptors (Lipinski definition) is 4. The van der Waals surface area contributed by atoms with Crippen LogP contribution < -0.4 is 11.1 Å². The van der Waals surface area contributed by atoms with Gasteiger partial charge in [-0.15, -0.1) is 0 Å². The monoisotopic (exact) mass is 364 g/mol. The number of ether oxygens (including phenoxy) is 1. The van der Waals surface area contributed by atoms with Crippen molar-refractivity contribution in [3.05, 3.63) is 65.2 Å². The number of carbonyl (C=O) groups is 2. The molecule has 0 radical (unpaired) electrons. The summed E-state index contributed by atoms with van der Waals surface area (Å²) in [5.74, 6) is -0.388. The number of nitrogens with two attached hydrogens (primary N) is 1. The van der Waals surface area contributed by atoms with E-state index in [-0.39, 0.29) is 11.1 Å². The Bertz CT molecular complexity index is 736. The first-order chi connectivity index (χ1) is 11.3. The second-order valence-corrected chi connectivity index (χ2v) is 5.43. The van der Waals surface area contributed by atoms with Gasteiger partial charge in [0.2, 0.25) is 0 Å². The van der Waals surface area contributed by atoms with Gasteiger partial charge in [0, 0.05) is 11.3 Å². The van der Waals surface area contributed by atoms with E-state index in [4.69, 9.17) is 29.6 Å². The van der Waals surface area contributed by atoms with E-state index < -0.39 is 5.24 Å². The van der Waals surface area contributed by atoms with E-state index in [1.807, 2.05) is 13.0 Å². The van der Waals surface area contributed by atoms with E-state index >= 15 is 0 Å². The Morgan fingerprint density at radius 1 is 1.12 bits per heavy atom. The van der Waals surface area contributed by atoms with Crippen LogP contribution in [0.25, 0.3) is 0 Å². The molecule has 0 saturated heterocycles. The van der Waals surface area contributed by atoms with Crippen molar-refractivity contribution in [2.45, 2.75) is 6.92 Å². The summed E-state index contributed by atoms with van der Waals surface area (Å²) in [6.07, 6.45) is 0. The molecular weight excluding hydrogens is 348 g/mol. The van der Waals surface area contributed by atoms with Gasteiger partial charge in [0.25, 0.3) is 5.24 Å². The molecular formula is C17H17ClN2O3S. The molecule has 7 heteroatoms. The van der Waals surface area contributed by atoms with E-state index in [1.54, 1.807) is 42.5 Å². The van der Waals surface area contributed by atoms with Crippen molar-refractivity contribution in [3.63, 3.8) is 0 Å². The maximum absolute atomic E-state index is 11.2. The molecule has 24 heavy (non-hydrogen) atoms. The van der Waals surface area contributed by atoms with Crippen molar-refractivity contribution in [1.29, 1.82) is 0 Å². The average Bonchev–Trinajstić information content (AvgIpc) is 2.57. The molecule has 0 aromatic heterocycles. The van der Waals surface area contributed by atoms with Crippen LogP contribution in [-0.4, -0.2) is 23.4 Å². The summed E-state index contributed by atoms with van der Waals surface area (Å²) in [6.45, 7) is 1.89. The fraction of sp³-hybridized carbons (Fsp3) is 0.118. The summed E-state index contributed by atoms with van der Waals surface area (Å²) in [5, 5.41) is 2.55. The first-order valence-corrected chi connectivity index (χ1v) is 7.64. The summed E-state index contributed by atoms with van der Waals surface area (Å²) in [7, 11) is 1.34. The summed E-state index contributed by atoms with van der Waals surface area (Å²) in [4.78, 5) is 21.7. The zero-order valence-corrected chi connectivity index (χ0v) is 14.8. The maximum atomic E-state index is 11.2. The molecule has 0 atom stereocenters. The van der Waals surface area contributed by atoms with Crippen molar-refractivity contribution in [1.82, 2.24) is 0 Å². The fourth-order valence-corrected chi connectivity index (χ4v) is 1.94. The Hall–Kier alpha value is -2.44. The van der Waals surface area contributed by atoms with Gasteiger partial charge in [0.15, 0.2) is 5.11 Å². The normalized spacial score (nSPS) is 9.29. The van der Waals surface area contributed by atoms with Crippen LogP contribution in [-0.2, 0) is 4.74 Å².